The lowest BCUT2D eigenvalue weighted by atomic mass is 9.90. The molecule has 0 aliphatic rings. The molecule has 16 heavy (non-hydrogen) atoms. The predicted octanol–water partition coefficient (Wildman–Crippen LogP) is 2.93. The third kappa shape index (κ3) is 2.83. The average Bonchev–Trinajstić information content (AvgIpc) is 2.30. The molecule has 0 bridgehead atoms. The molecule has 2 heteroatoms. The molecule has 1 rings (SSSR count). The van der Waals surface area contributed by atoms with E-state index < -0.39 is 0 Å². The zero-order chi connectivity index (χ0) is 12.2. The molecule has 0 saturated heterocycles. The largest absolute Gasteiger partial charge is 0.377 e. The van der Waals surface area contributed by atoms with Crippen molar-refractivity contribution in [1.82, 2.24) is 5.32 Å². The fraction of sp³-hybridized carbons (Fsp3) is 0.571. The summed E-state index contributed by atoms with van der Waals surface area (Å²) in [5.74, 6) is 0. The molecule has 1 aromatic carbocycles. The second kappa shape index (κ2) is 5.46. The average molecular weight is 221 g/mol. The number of rotatable bonds is 5. The van der Waals surface area contributed by atoms with Crippen LogP contribution in [0, 0.1) is 0 Å². The fourth-order valence-corrected chi connectivity index (χ4v) is 2.03. The van der Waals surface area contributed by atoms with Gasteiger partial charge in [-0.25, -0.2) is 0 Å². The van der Waals surface area contributed by atoms with Gasteiger partial charge in [0.05, 0.1) is 11.6 Å². The van der Waals surface area contributed by atoms with Crippen molar-refractivity contribution in [3.63, 3.8) is 0 Å². The Bertz CT molecular complexity index is 333. The summed E-state index contributed by atoms with van der Waals surface area (Å²) in [7, 11) is 3.73. The lowest BCUT2D eigenvalue weighted by Crippen LogP contribution is -2.39. The first-order chi connectivity index (χ1) is 7.55. The van der Waals surface area contributed by atoms with Crippen molar-refractivity contribution in [2.45, 2.75) is 38.8 Å². The van der Waals surface area contributed by atoms with E-state index in [2.05, 4.69) is 50.4 Å². The van der Waals surface area contributed by atoms with Crippen LogP contribution >= 0.6 is 0 Å². The van der Waals surface area contributed by atoms with Crippen molar-refractivity contribution < 1.29 is 4.74 Å². The third-order valence-electron chi connectivity index (χ3n) is 3.20. The monoisotopic (exact) mass is 221 g/mol. The Labute approximate surface area is 99.0 Å². The van der Waals surface area contributed by atoms with Gasteiger partial charge in [0.25, 0.3) is 0 Å². The van der Waals surface area contributed by atoms with Crippen molar-refractivity contribution in [1.29, 1.82) is 0 Å². The van der Waals surface area contributed by atoms with Gasteiger partial charge < -0.3 is 10.1 Å². The van der Waals surface area contributed by atoms with E-state index in [1.54, 1.807) is 7.11 Å². The van der Waals surface area contributed by atoms with Gasteiger partial charge in [-0.05, 0) is 38.4 Å². The molecule has 1 aromatic rings. The van der Waals surface area contributed by atoms with E-state index in [4.69, 9.17) is 4.74 Å². The molecule has 0 aliphatic carbocycles. The lowest BCUT2D eigenvalue weighted by Gasteiger charge is -2.33. The van der Waals surface area contributed by atoms with Gasteiger partial charge in [-0.2, -0.15) is 0 Å². The molecular weight excluding hydrogens is 198 g/mol. The van der Waals surface area contributed by atoms with Crippen molar-refractivity contribution >= 4 is 0 Å². The van der Waals surface area contributed by atoms with Crippen LogP contribution in [0.2, 0.25) is 0 Å². The van der Waals surface area contributed by atoms with Crippen LogP contribution in [0.5, 0.6) is 0 Å². The normalized spacial score (nSPS) is 13.8. The minimum atomic E-state index is -0.207. The molecular formula is C14H23NO. The van der Waals surface area contributed by atoms with E-state index in [0.717, 1.165) is 6.42 Å². The zero-order valence-electron chi connectivity index (χ0n) is 11.0. The van der Waals surface area contributed by atoms with E-state index in [-0.39, 0.29) is 11.6 Å². The first kappa shape index (κ1) is 13.2. The molecule has 0 heterocycles. The molecule has 2 nitrogen and oxygen atoms in total. The van der Waals surface area contributed by atoms with Crippen LogP contribution in [0.25, 0.3) is 0 Å². The van der Waals surface area contributed by atoms with Crippen LogP contribution in [0.1, 0.15) is 37.9 Å². The molecule has 0 amide bonds. The van der Waals surface area contributed by atoms with Crippen LogP contribution in [0.3, 0.4) is 0 Å². The smallest absolute Gasteiger partial charge is 0.0816 e. The van der Waals surface area contributed by atoms with Crippen LogP contribution in [-0.2, 0) is 11.2 Å². The number of benzene rings is 1. The number of hydrogen-bond donors (Lipinski definition) is 1. The van der Waals surface area contributed by atoms with Crippen LogP contribution < -0.4 is 5.32 Å². The molecule has 0 aromatic heterocycles. The summed E-state index contributed by atoms with van der Waals surface area (Å²) in [6.45, 7) is 6.38. The van der Waals surface area contributed by atoms with Crippen molar-refractivity contribution in [2.75, 3.05) is 14.2 Å². The van der Waals surface area contributed by atoms with E-state index in [1.807, 2.05) is 7.05 Å². The fourth-order valence-electron chi connectivity index (χ4n) is 2.03. The van der Waals surface area contributed by atoms with Gasteiger partial charge in [0, 0.05) is 7.11 Å². The third-order valence-corrected chi connectivity index (χ3v) is 3.20. The van der Waals surface area contributed by atoms with Crippen molar-refractivity contribution in [3.05, 3.63) is 35.4 Å². The van der Waals surface area contributed by atoms with Crippen LogP contribution in [0.4, 0.5) is 0 Å². The van der Waals surface area contributed by atoms with Gasteiger partial charge in [0.15, 0.2) is 0 Å². The lowest BCUT2D eigenvalue weighted by molar-refractivity contribution is -0.00900. The maximum Gasteiger partial charge on any atom is 0.0816 e. The number of nitrogens with one attached hydrogen (secondary N) is 1. The highest BCUT2D eigenvalue weighted by molar-refractivity contribution is 5.27. The van der Waals surface area contributed by atoms with E-state index in [0.29, 0.717) is 0 Å². The van der Waals surface area contributed by atoms with E-state index >= 15 is 0 Å². The molecule has 0 aliphatic heterocycles. The van der Waals surface area contributed by atoms with Gasteiger partial charge in [-0.3, -0.25) is 0 Å². The predicted molar refractivity (Wildman–Crippen MR) is 68.7 cm³/mol. The maximum absolute atomic E-state index is 5.56. The molecule has 1 N–H and O–H groups in total. The summed E-state index contributed by atoms with van der Waals surface area (Å²) < 4.78 is 5.56. The van der Waals surface area contributed by atoms with Gasteiger partial charge in [-0.1, -0.05) is 31.2 Å². The summed E-state index contributed by atoms with van der Waals surface area (Å²) in [5, 5.41) is 3.34. The second-order valence-corrected chi connectivity index (χ2v) is 4.63. The number of likely N-dealkylation sites (N-methyl/N-ethyl adjacent to an activating group) is 1. The quantitative estimate of drug-likeness (QED) is 0.825. The zero-order valence-corrected chi connectivity index (χ0v) is 11.0. The molecule has 1 unspecified atom stereocenters. The number of ether oxygens (including phenoxy) is 1. The number of aryl methyl sites for hydroxylation is 1. The second-order valence-electron chi connectivity index (χ2n) is 4.63. The molecule has 0 spiro atoms. The van der Waals surface area contributed by atoms with Gasteiger partial charge >= 0.3 is 0 Å². The Morgan fingerprint density at radius 2 is 2.06 bits per heavy atom. The first-order valence-electron chi connectivity index (χ1n) is 5.86. The van der Waals surface area contributed by atoms with Crippen LogP contribution in [-0.4, -0.2) is 19.8 Å². The summed E-state index contributed by atoms with van der Waals surface area (Å²) in [4.78, 5) is 0. The Morgan fingerprint density at radius 1 is 1.38 bits per heavy atom. The first-order valence-corrected chi connectivity index (χ1v) is 5.86. The summed E-state index contributed by atoms with van der Waals surface area (Å²) in [6.07, 6.45) is 1.07. The molecule has 0 radical (unpaired) electrons. The number of hydrogen-bond acceptors (Lipinski definition) is 2. The summed E-state index contributed by atoms with van der Waals surface area (Å²) >= 11 is 0. The molecule has 1 atom stereocenters. The molecule has 90 valence electrons. The molecule has 0 fully saturated rings. The topological polar surface area (TPSA) is 21.3 Å². The minimum Gasteiger partial charge on any atom is -0.377 e. The van der Waals surface area contributed by atoms with E-state index in [9.17, 15) is 0 Å². The maximum atomic E-state index is 5.56. The summed E-state index contributed by atoms with van der Waals surface area (Å²) in [6, 6.07) is 8.90. The minimum absolute atomic E-state index is 0.207. The van der Waals surface area contributed by atoms with Crippen molar-refractivity contribution in [2.24, 2.45) is 0 Å². The Kier molecular flexibility index (Phi) is 4.51. The number of methoxy groups -OCH3 is 1. The summed E-state index contributed by atoms with van der Waals surface area (Å²) in [5.41, 5.74) is 2.44. The highest BCUT2D eigenvalue weighted by Gasteiger charge is 2.29. The Balaban J connectivity index is 3.03. The Morgan fingerprint density at radius 3 is 2.56 bits per heavy atom. The molecule has 0 saturated carbocycles. The highest BCUT2D eigenvalue weighted by Crippen LogP contribution is 2.28. The van der Waals surface area contributed by atoms with Gasteiger partial charge in [-0.15, -0.1) is 0 Å². The van der Waals surface area contributed by atoms with Gasteiger partial charge in [0.2, 0.25) is 0 Å². The standard InChI is InChI=1S/C14H23NO/c1-6-11-8-7-9-12(10-11)13(15-4)14(2,3)16-5/h7-10,13,15H,6H2,1-5H3. The van der Waals surface area contributed by atoms with E-state index in [1.165, 1.54) is 11.1 Å². The van der Waals surface area contributed by atoms with Crippen molar-refractivity contribution in [3.8, 4) is 0 Å². The highest BCUT2D eigenvalue weighted by atomic mass is 16.5. The Hall–Kier alpha value is -0.860. The van der Waals surface area contributed by atoms with Gasteiger partial charge in [0.1, 0.15) is 0 Å². The van der Waals surface area contributed by atoms with Crippen LogP contribution in [0.15, 0.2) is 24.3 Å². The SMILES string of the molecule is CCc1cccc(C(NC)C(C)(C)OC)c1.